The molecule has 6 nitrogen and oxygen atoms in total. The Morgan fingerprint density at radius 2 is 1.69 bits per heavy atom. The molecule has 0 spiro atoms. The molecule has 0 aromatic heterocycles. The van der Waals surface area contributed by atoms with Gasteiger partial charge in [0, 0.05) is 38.3 Å². The molecule has 2 aromatic carbocycles. The van der Waals surface area contributed by atoms with E-state index in [9.17, 15) is 19.3 Å². The van der Waals surface area contributed by atoms with Crippen LogP contribution in [0.25, 0.3) is 6.08 Å². The number of carbonyl (C=O) groups excluding carboxylic acids is 1. The lowest BCUT2D eigenvalue weighted by molar-refractivity contribution is -0.385. The zero-order chi connectivity index (χ0) is 18.5. The fraction of sp³-hybridized carbons (Fsp3) is 0.211. The summed E-state index contributed by atoms with van der Waals surface area (Å²) in [5, 5.41) is 11.0. The summed E-state index contributed by atoms with van der Waals surface area (Å²) in [6.07, 6.45) is 2.81. The Morgan fingerprint density at radius 1 is 1.04 bits per heavy atom. The average Bonchev–Trinajstić information content (AvgIpc) is 2.67. The number of nitrogens with zero attached hydrogens (tertiary/aromatic N) is 3. The largest absolute Gasteiger partial charge is 0.366 e. The SMILES string of the molecule is O=C(C=Cc1ccccc1[N+](=O)[O-])N1CCN(c2ccccc2F)CC1. The number of amides is 1. The van der Waals surface area contributed by atoms with E-state index < -0.39 is 4.92 Å². The van der Waals surface area contributed by atoms with Crippen molar-refractivity contribution in [1.29, 1.82) is 0 Å². The van der Waals surface area contributed by atoms with Gasteiger partial charge in [-0.2, -0.15) is 0 Å². The number of piperazine rings is 1. The number of hydrogen-bond donors (Lipinski definition) is 0. The topological polar surface area (TPSA) is 66.7 Å². The lowest BCUT2D eigenvalue weighted by atomic mass is 10.1. The third kappa shape index (κ3) is 3.88. The number of nitro groups is 1. The van der Waals surface area contributed by atoms with Crippen LogP contribution in [-0.2, 0) is 4.79 Å². The molecular formula is C19H18FN3O3. The van der Waals surface area contributed by atoms with Gasteiger partial charge in [0.1, 0.15) is 5.82 Å². The smallest absolute Gasteiger partial charge is 0.276 e. The maximum Gasteiger partial charge on any atom is 0.276 e. The molecule has 1 saturated heterocycles. The molecule has 2 aromatic rings. The molecule has 1 heterocycles. The lowest BCUT2D eigenvalue weighted by Gasteiger charge is -2.35. The quantitative estimate of drug-likeness (QED) is 0.480. The molecule has 3 rings (SSSR count). The second-order valence-corrected chi connectivity index (χ2v) is 5.91. The van der Waals surface area contributed by atoms with Gasteiger partial charge in [0.25, 0.3) is 5.69 Å². The number of carbonyl (C=O) groups is 1. The first-order valence-corrected chi connectivity index (χ1v) is 8.26. The van der Waals surface area contributed by atoms with Gasteiger partial charge >= 0.3 is 0 Å². The second-order valence-electron chi connectivity index (χ2n) is 5.91. The average molecular weight is 355 g/mol. The van der Waals surface area contributed by atoms with Gasteiger partial charge in [0.05, 0.1) is 16.2 Å². The van der Waals surface area contributed by atoms with Crippen LogP contribution in [0.2, 0.25) is 0 Å². The molecule has 0 radical (unpaired) electrons. The number of anilines is 1. The van der Waals surface area contributed by atoms with Gasteiger partial charge in [-0.05, 0) is 24.3 Å². The number of nitro benzene ring substituents is 1. The van der Waals surface area contributed by atoms with E-state index in [1.54, 1.807) is 41.3 Å². The normalized spacial score (nSPS) is 14.7. The molecule has 0 saturated carbocycles. The van der Waals surface area contributed by atoms with Gasteiger partial charge < -0.3 is 9.80 Å². The van der Waals surface area contributed by atoms with E-state index in [2.05, 4.69) is 0 Å². The molecule has 26 heavy (non-hydrogen) atoms. The Bertz CT molecular complexity index is 845. The minimum Gasteiger partial charge on any atom is -0.366 e. The van der Waals surface area contributed by atoms with Gasteiger partial charge in [-0.25, -0.2) is 4.39 Å². The highest BCUT2D eigenvalue weighted by Crippen LogP contribution is 2.21. The molecule has 1 fully saturated rings. The first-order chi connectivity index (χ1) is 12.6. The van der Waals surface area contributed by atoms with Gasteiger partial charge in [0.15, 0.2) is 0 Å². The standard InChI is InChI=1S/C19H18FN3O3/c20-16-6-2-4-8-18(16)21-11-13-22(14-12-21)19(24)10-9-15-5-1-3-7-17(15)23(25)26/h1-10H,11-14H2. The van der Waals surface area contributed by atoms with Crippen molar-refractivity contribution in [3.05, 3.63) is 76.1 Å². The van der Waals surface area contributed by atoms with E-state index in [4.69, 9.17) is 0 Å². The first kappa shape index (κ1) is 17.6. The Morgan fingerprint density at radius 3 is 2.38 bits per heavy atom. The van der Waals surface area contributed by atoms with Gasteiger partial charge in [-0.1, -0.05) is 24.3 Å². The van der Waals surface area contributed by atoms with Crippen LogP contribution in [0, 0.1) is 15.9 Å². The lowest BCUT2D eigenvalue weighted by Crippen LogP contribution is -2.48. The van der Waals surface area contributed by atoms with E-state index in [1.165, 1.54) is 24.3 Å². The molecule has 0 N–H and O–H groups in total. The summed E-state index contributed by atoms with van der Waals surface area (Å²) < 4.78 is 13.9. The molecule has 134 valence electrons. The summed E-state index contributed by atoms with van der Waals surface area (Å²) in [7, 11) is 0. The highest BCUT2D eigenvalue weighted by molar-refractivity contribution is 5.92. The molecule has 0 aliphatic carbocycles. The van der Waals surface area contributed by atoms with Crippen LogP contribution >= 0.6 is 0 Å². The van der Waals surface area contributed by atoms with Crippen LogP contribution in [0.5, 0.6) is 0 Å². The Balaban J connectivity index is 1.63. The molecule has 0 bridgehead atoms. The number of benzene rings is 2. The Hall–Kier alpha value is -3.22. The maximum atomic E-state index is 13.9. The molecule has 1 amide bonds. The Labute approximate surface area is 150 Å². The van der Waals surface area contributed by atoms with Crippen LogP contribution in [0.15, 0.2) is 54.6 Å². The van der Waals surface area contributed by atoms with Crippen molar-refractivity contribution in [2.45, 2.75) is 0 Å². The predicted molar refractivity (Wildman–Crippen MR) is 97.3 cm³/mol. The van der Waals surface area contributed by atoms with Crippen molar-refractivity contribution in [3.8, 4) is 0 Å². The third-order valence-corrected chi connectivity index (χ3v) is 4.32. The van der Waals surface area contributed by atoms with Crippen LogP contribution in [0.1, 0.15) is 5.56 Å². The van der Waals surface area contributed by atoms with Gasteiger partial charge in [-0.3, -0.25) is 14.9 Å². The molecule has 7 heteroatoms. The number of para-hydroxylation sites is 2. The fourth-order valence-electron chi connectivity index (χ4n) is 2.94. The molecule has 1 aliphatic heterocycles. The highest BCUT2D eigenvalue weighted by atomic mass is 19.1. The minimum atomic E-state index is -0.475. The van der Waals surface area contributed by atoms with Crippen molar-refractivity contribution in [2.75, 3.05) is 31.1 Å². The molecule has 0 atom stereocenters. The summed E-state index contributed by atoms with van der Waals surface area (Å²) in [6.45, 7) is 2.00. The predicted octanol–water partition coefficient (Wildman–Crippen LogP) is 3.10. The van der Waals surface area contributed by atoms with Crippen LogP contribution < -0.4 is 4.90 Å². The zero-order valence-electron chi connectivity index (χ0n) is 14.0. The summed E-state index contributed by atoms with van der Waals surface area (Å²) >= 11 is 0. The van der Waals surface area contributed by atoms with Crippen LogP contribution in [0.4, 0.5) is 15.8 Å². The minimum absolute atomic E-state index is 0.0408. The summed E-state index contributed by atoms with van der Waals surface area (Å²) in [5.41, 5.74) is 0.881. The van der Waals surface area contributed by atoms with Crippen LogP contribution in [-0.4, -0.2) is 41.9 Å². The third-order valence-electron chi connectivity index (χ3n) is 4.32. The molecular weight excluding hydrogens is 337 g/mol. The monoisotopic (exact) mass is 355 g/mol. The van der Waals surface area contributed by atoms with Gasteiger partial charge in [-0.15, -0.1) is 0 Å². The van der Waals surface area contributed by atoms with Crippen molar-refractivity contribution in [3.63, 3.8) is 0 Å². The Kier molecular flexibility index (Phi) is 5.26. The van der Waals surface area contributed by atoms with E-state index in [0.29, 0.717) is 37.4 Å². The summed E-state index contributed by atoms with van der Waals surface area (Å²) in [5.74, 6) is -0.486. The summed E-state index contributed by atoms with van der Waals surface area (Å²) in [4.78, 5) is 26.4. The van der Waals surface area contributed by atoms with Crippen LogP contribution in [0.3, 0.4) is 0 Å². The van der Waals surface area contributed by atoms with Gasteiger partial charge in [0.2, 0.25) is 5.91 Å². The van der Waals surface area contributed by atoms with Crippen molar-refractivity contribution < 1.29 is 14.1 Å². The fourth-order valence-corrected chi connectivity index (χ4v) is 2.94. The zero-order valence-corrected chi connectivity index (χ0v) is 14.0. The molecule has 1 aliphatic rings. The van der Waals surface area contributed by atoms with E-state index in [-0.39, 0.29) is 17.4 Å². The number of rotatable bonds is 4. The van der Waals surface area contributed by atoms with Crippen molar-refractivity contribution in [1.82, 2.24) is 4.90 Å². The highest BCUT2D eigenvalue weighted by Gasteiger charge is 2.21. The summed E-state index contributed by atoms with van der Waals surface area (Å²) in [6, 6.07) is 12.8. The molecule has 0 unspecified atom stereocenters. The number of halogens is 1. The van der Waals surface area contributed by atoms with Crippen molar-refractivity contribution in [2.24, 2.45) is 0 Å². The van der Waals surface area contributed by atoms with E-state index >= 15 is 0 Å². The van der Waals surface area contributed by atoms with E-state index in [1.807, 2.05) is 4.90 Å². The van der Waals surface area contributed by atoms with Crippen molar-refractivity contribution >= 4 is 23.4 Å². The maximum absolute atomic E-state index is 13.9. The van der Waals surface area contributed by atoms with E-state index in [0.717, 1.165) is 0 Å². The second kappa shape index (κ2) is 7.77. The first-order valence-electron chi connectivity index (χ1n) is 8.26. The number of hydrogen-bond acceptors (Lipinski definition) is 4.